The van der Waals surface area contributed by atoms with Crippen LogP contribution in [0.4, 0.5) is 16.2 Å². The lowest BCUT2D eigenvalue weighted by Crippen LogP contribution is -2.29. The van der Waals surface area contributed by atoms with Crippen LogP contribution >= 0.6 is 0 Å². The summed E-state index contributed by atoms with van der Waals surface area (Å²) in [4.78, 5) is 14.2. The molecule has 0 bridgehead atoms. The van der Waals surface area contributed by atoms with Gasteiger partial charge >= 0.3 is 6.03 Å². The second kappa shape index (κ2) is 10.3. The molecule has 7 heteroatoms. The minimum absolute atomic E-state index is 0.280. The molecule has 152 valence electrons. The molecular weight excluding hydrogens is 358 g/mol. The first-order valence-electron chi connectivity index (χ1n) is 9.09. The normalized spacial score (nSPS) is 10.2. The fourth-order valence-electron chi connectivity index (χ4n) is 2.78. The van der Waals surface area contributed by atoms with E-state index in [0.717, 1.165) is 12.8 Å². The van der Waals surface area contributed by atoms with Crippen molar-refractivity contribution in [2.45, 2.75) is 12.8 Å². The Kier molecular flexibility index (Phi) is 7.80. The Labute approximate surface area is 166 Å². The summed E-state index contributed by atoms with van der Waals surface area (Å²) in [5.41, 5.74) is 2.98. The first-order valence-corrected chi connectivity index (χ1v) is 9.09. The molecule has 0 saturated heterocycles. The van der Waals surface area contributed by atoms with E-state index in [1.54, 1.807) is 12.1 Å². The number of rotatable bonds is 9. The van der Waals surface area contributed by atoms with E-state index in [1.807, 2.05) is 14.1 Å². The highest BCUT2D eigenvalue weighted by atomic mass is 16.5. The number of amides is 2. The Balaban J connectivity index is 1.84. The number of urea groups is 1. The summed E-state index contributed by atoms with van der Waals surface area (Å²) in [7, 11) is 8.64. The maximum absolute atomic E-state index is 12.2. The number of hydrogen-bond acceptors (Lipinski definition) is 5. The van der Waals surface area contributed by atoms with Gasteiger partial charge in [0, 0.05) is 38.5 Å². The summed E-state index contributed by atoms with van der Waals surface area (Å²) >= 11 is 0. The van der Waals surface area contributed by atoms with Crippen molar-refractivity contribution in [3.8, 4) is 17.2 Å². The molecule has 28 heavy (non-hydrogen) atoms. The number of anilines is 2. The Bertz CT molecular complexity index is 751. The number of hydrogen-bond donors (Lipinski definition) is 2. The Morgan fingerprint density at radius 1 is 0.964 bits per heavy atom. The first kappa shape index (κ1) is 21.2. The van der Waals surface area contributed by atoms with Gasteiger partial charge in [0.2, 0.25) is 5.75 Å². The molecular formula is C21H29N3O4. The summed E-state index contributed by atoms with van der Waals surface area (Å²) in [6, 6.07) is 11.5. The van der Waals surface area contributed by atoms with Crippen LogP contribution in [0.1, 0.15) is 12.0 Å². The standard InChI is InChI=1S/C21H29N3O4/c1-24(2)17-10-8-15(9-11-17)7-6-12-22-21(25)23-16-13-18(26-3)20(28-5)19(14-16)27-4/h8-11,13-14H,6-7,12H2,1-5H3,(H2,22,23,25). The van der Waals surface area contributed by atoms with E-state index in [9.17, 15) is 4.79 Å². The zero-order valence-electron chi connectivity index (χ0n) is 17.2. The van der Waals surface area contributed by atoms with Crippen molar-refractivity contribution in [2.24, 2.45) is 0 Å². The van der Waals surface area contributed by atoms with Gasteiger partial charge in [-0.3, -0.25) is 0 Å². The van der Waals surface area contributed by atoms with Gasteiger partial charge in [0.1, 0.15) is 0 Å². The number of ether oxygens (including phenoxy) is 3. The average molecular weight is 387 g/mol. The Morgan fingerprint density at radius 2 is 1.57 bits per heavy atom. The zero-order chi connectivity index (χ0) is 20.5. The molecule has 2 N–H and O–H groups in total. The lowest BCUT2D eigenvalue weighted by atomic mass is 10.1. The summed E-state index contributed by atoms with van der Waals surface area (Å²) in [6.45, 7) is 0.575. The monoisotopic (exact) mass is 387 g/mol. The van der Waals surface area contributed by atoms with Crippen LogP contribution < -0.4 is 29.7 Å². The third-order valence-electron chi connectivity index (χ3n) is 4.30. The minimum atomic E-state index is -0.280. The maximum atomic E-state index is 12.2. The minimum Gasteiger partial charge on any atom is -0.493 e. The second-order valence-electron chi connectivity index (χ2n) is 6.46. The average Bonchev–Trinajstić information content (AvgIpc) is 2.70. The fourth-order valence-corrected chi connectivity index (χ4v) is 2.78. The topological polar surface area (TPSA) is 72.1 Å². The molecule has 0 saturated carbocycles. The van der Waals surface area contributed by atoms with Crippen LogP contribution in [0, 0.1) is 0 Å². The Morgan fingerprint density at radius 3 is 2.07 bits per heavy atom. The van der Waals surface area contributed by atoms with E-state index in [1.165, 1.54) is 32.6 Å². The second-order valence-corrected chi connectivity index (χ2v) is 6.46. The quantitative estimate of drug-likeness (QED) is 0.644. The molecule has 0 atom stereocenters. The van der Waals surface area contributed by atoms with Crippen LogP contribution in [0.15, 0.2) is 36.4 Å². The molecule has 0 heterocycles. The zero-order valence-corrected chi connectivity index (χ0v) is 17.2. The molecule has 0 spiro atoms. The molecule has 0 aliphatic carbocycles. The number of carbonyl (C=O) groups is 1. The van der Waals surface area contributed by atoms with E-state index in [-0.39, 0.29) is 6.03 Å². The number of aryl methyl sites for hydroxylation is 1. The van der Waals surface area contributed by atoms with Crippen LogP contribution in [0.2, 0.25) is 0 Å². The summed E-state index contributed by atoms with van der Waals surface area (Å²) in [6.07, 6.45) is 1.75. The SMILES string of the molecule is COc1cc(NC(=O)NCCCc2ccc(N(C)C)cc2)cc(OC)c1OC. The van der Waals surface area contributed by atoms with E-state index in [2.05, 4.69) is 39.8 Å². The molecule has 2 rings (SSSR count). The van der Waals surface area contributed by atoms with Gasteiger partial charge in [-0.05, 0) is 30.5 Å². The molecule has 0 radical (unpaired) electrons. The van der Waals surface area contributed by atoms with E-state index >= 15 is 0 Å². The summed E-state index contributed by atoms with van der Waals surface area (Å²) in [5, 5.41) is 5.65. The number of carbonyl (C=O) groups excluding carboxylic acids is 1. The molecule has 2 aromatic carbocycles. The number of nitrogens with one attached hydrogen (secondary N) is 2. The molecule has 7 nitrogen and oxygen atoms in total. The van der Waals surface area contributed by atoms with Crippen LogP contribution in [0.3, 0.4) is 0 Å². The maximum Gasteiger partial charge on any atom is 0.319 e. The summed E-state index contributed by atoms with van der Waals surface area (Å²) < 4.78 is 15.9. The van der Waals surface area contributed by atoms with E-state index < -0.39 is 0 Å². The molecule has 0 aliphatic rings. The van der Waals surface area contributed by atoms with Crippen molar-refractivity contribution in [1.29, 1.82) is 0 Å². The van der Waals surface area contributed by atoms with E-state index in [4.69, 9.17) is 14.2 Å². The van der Waals surface area contributed by atoms with Gasteiger partial charge < -0.3 is 29.7 Å². The smallest absolute Gasteiger partial charge is 0.319 e. The number of benzene rings is 2. The van der Waals surface area contributed by atoms with Crippen LogP contribution in [0.5, 0.6) is 17.2 Å². The van der Waals surface area contributed by atoms with Crippen molar-refractivity contribution in [3.05, 3.63) is 42.0 Å². The molecule has 0 aromatic heterocycles. The van der Waals surface area contributed by atoms with Crippen LogP contribution in [-0.4, -0.2) is 48.0 Å². The summed E-state index contributed by atoms with van der Waals surface area (Å²) in [5.74, 6) is 1.45. The van der Waals surface area contributed by atoms with Gasteiger partial charge in [-0.15, -0.1) is 0 Å². The lowest BCUT2D eigenvalue weighted by Gasteiger charge is -2.15. The molecule has 0 fully saturated rings. The van der Waals surface area contributed by atoms with Crippen molar-refractivity contribution in [3.63, 3.8) is 0 Å². The molecule has 0 unspecified atom stereocenters. The highest BCUT2D eigenvalue weighted by molar-refractivity contribution is 5.90. The number of methoxy groups -OCH3 is 3. The highest BCUT2D eigenvalue weighted by Crippen LogP contribution is 2.39. The predicted molar refractivity (Wildman–Crippen MR) is 112 cm³/mol. The van der Waals surface area contributed by atoms with Gasteiger partial charge in [-0.2, -0.15) is 0 Å². The van der Waals surface area contributed by atoms with Gasteiger partial charge in [0.05, 0.1) is 27.0 Å². The van der Waals surface area contributed by atoms with Crippen molar-refractivity contribution in [1.82, 2.24) is 5.32 Å². The fraction of sp³-hybridized carbons (Fsp3) is 0.381. The molecule has 2 amide bonds. The van der Waals surface area contributed by atoms with Crippen LogP contribution in [0.25, 0.3) is 0 Å². The Hall–Kier alpha value is -3.09. The van der Waals surface area contributed by atoms with Crippen LogP contribution in [-0.2, 0) is 6.42 Å². The predicted octanol–water partition coefficient (Wildman–Crippen LogP) is 3.53. The van der Waals surface area contributed by atoms with Gasteiger partial charge in [0.25, 0.3) is 0 Å². The third-order valence-corrected chi connectivity index (χ3v) is 4.30. The van der Waals surface area contributed by atoms with Crippen molar-refractivity contribution >= 4 is 17.4 Å². The molecule has 2 aromatic rings. The molecule has 0 aliphatic heterocycles. The van der Waals surface area contributed by atoms with Gasteiger partial charge in [-0.1, -0.05) is 12.1 Å². The van der Waals surface area contributed by atoms with Gasteiger partial charge in [-0.25, -0.2) is 4.79 Å². The van der Waals surface area contributed by atoms with E-state index in [0.29, 0.717) is 29.5 Å². The van der Waals surface area contributed by atoms with Gasteiger partial charge in [0.15, 0.2) is 11.5 Å². The third kappa shape index (κ3) is 5.70. The first-order chi connectivity index (χ1) is 13.5. The highest BCUT2D eigenvalue weighted by Gasteiger charge is 2.14. The lowest BCUT2D eigenvalue weighted by molar-refractivity contribution is 0.252. The van der Waals surface area contributed by atoms with Crippen molar-refractivity contribution < 1.29 is 19.0 Å². The largest absolute Gasteiger partial charge is 0.493 e. The number of nitrogens with zero attached hydrogens (tertiary/aromatic N) is 1. The van der Waals surface area contributed by atoms with Crippen molar-refractivity contribution in [2.75, 3.05) is 52.2 Å².